The van der Waals surface area contributed by atoms with Crippen LogP contribution in [0.5, 0.6) is 0 Å². The molecule has 1 nitrogen and oxygen atoms in total. The van der Waals surface area contributed by atoms with Crippen molar-refractivity contribution in [2.45, 2.75) is 19.4 Å². The summed E-state index contributed by atoms with van der Waals surface area (Å²) in [5.74, 6) is 0.840. The van der Waals surface area contributed by atoms with Crippen LogP contribution in [0.15, 0.2) is 18.2 Å². The lowest BCUT2D eigenvalue weighted by Crippen LogP contribution is -2.33. The Labute approximate surface area is 121 Å². The van der Waals surface area contributed by atoms with Crippen molar-refractivity contribution in [3.8, 4) is 0 Å². The van der Waals surface area contributed by atoms with Crippen LogP contribution in [-0.4, -0.2) is 23.3 Å². The summed E-state index contributed by atoms with van der Waals surface area (Å²) in [5.41, 5.74) is 1.17. The van der Waals surface area contributed by atoms with E-state index in [2.05, 4.69) is 20.8 Å². The minimum Gasteiger partial charge on any atom is -0.299 e. The maximum Gasteiger partial charge on any atom is 0.0465 e. The average Bonchev–Trinajstić information content (AvgIpc) is 2.34. The van der Waals surface area contributed by atoms with Crippen LogP contribution in [0.2, 0.25) is 10.0 Å². The summed E-state index contributed by atoms with van der Waals surface area (Å²) in [6.07, 6.45) is 2.55. The Balaban J connectivity index is 1.93. The summed E-state index contributed by atoms with van der Waals surface area (Å²) < 4.78 is 0. The first kappa shape index (κ1) is 13.7. The van der Waals surface area contributed by atoms with Gasteiger partial charge in [-0.05, 0) is 49.5 Å². The Morgan fingerprint density at radius 1 is 1.24 bits per heavy atom. The summed E-state index contributed by atoms with van der Waals surface area (Å²) in [5, 5.41) is 2.61. The zero-order valence-electron chi connectivity index (χ0n) is 9.63. The van der Waals surface area contributed by atoms with Crippen LogP contribution in [0, 0.1) is 5.92 Å². The van der Waals surface area contributed by atoms with E-state index in [4.69, 9.17) is 23.2 Å². The van der Waals surface area contributed by atoms with Gasteiger partial charge < -0.3 is 0 Å². The highest BCUT2D eigenvalue weighted by atomic mass is 79.9. The van der Waals surface area contributed by atoms with Gasteiger partial charge in [-0.3, -0.25) is 4.90 Å². The zero-order chi connectivity index (χ0) is 12.3. The van der Waals surface area contributed by atoms with Crippen molar-refractivity contribution in [1.29, 1.82) is 0 Å². The maximum absolute atomic E-state index is 6.19. The molecule has 0 aliphatic carbocycles. The molecule has 1 aliphatic heterocycles. The van der Waals surface area contributed by atoms with Gasteiger partial charge in [0.05, 0.1) is 0 Å². The van der Waals surface area contributed by atoms with E-state index in [1.165, 1.54) is 18.4 Å². The topological polar surface area (TPSA) is 3.24 Å². The summed E-state index contributed by atoms with van der Waals surface area (Å²) in [7, 11) is 0. The summed E-state index contributed by atoms with van der Waals surface area (Å²) in [6, 6.07) is 5.76. The van der Waals surface area contributed by atoms with E-state index in [9.17, 15) is 0 Å². The van der Waals surface area contributed by atoms with Crippen LogP contribution < -0.4 is 0 Å². The van der Waals surface area contributed by atoms with Gasteiger partial charge in [0.2, 0.25) is 0 Å². The molecule has 1 aromatic carbocycles. The highest BCUT2D eigenvalue weighted by molar-refractivity contribution is 9.09. The van der Waals surface area contributed by atoms with Gasteiger partial charge in [-0.15, -0.1) is 0 Å². The van der Waals surface area contributed by atoms with Crippen molar-refractivity contribution in [3.05, 3.63) is 33.8 Å². The third-order valence-corrected chi connectivity index (χ3v) is 4.84. The fourth-order valence-corrected chi connectivity index (χ4v) is 3.31. The molecule has 94 valence electrons. The van der Waals surface area contributed by atoms with Gasteiger partial charge in [-0.2, -0.15) is 0 Å². The minimum atomic E-state index is 0.705. The lowest BCUT2D eigenvalue weighted by atomic mass is 9.99. The van der Waals surface area contributed by atoms with Crippen LogP contribution in [0.3, 0.4) is 0 Å². The minimum absolute atomic E-state index is 0.705. The molecule has 4 heteroatoms. The summed E-state index contributed by atoms with van der Waals surface area (Å²) in [4.78, 5) is 2.47. The van der Waals surface area contributed by atoms with Gasteiger partial charge in [-0.25, -0.2) is 0 Å². The number of rotatable bonds is 3. The van der Waals surface area contributed by atoms with Crippen molar-refractivity contribution in [3.63, 3.8) is 0 Å². The summed E-state index contributed by atoms with van der Waals surface area (Å²) in [6.45, 7) is 3.26. The van der Waals surface area contributed by atoms with Crippen molar-refractivity contribution in [2.75, 3.05) is 18.4 Å². The predicted molar refractivity (Wildman–Crippen MR) is 78.3 cm³/mol. The average molecular weight is 337 g/mol. The Morgan fingerprint density at radius 2 is 1.94 bits per heavy atom. The van der Waals surface area contributed by atoms with Gasteiger partial charge in [0, 0.05) is 21.9 Å². The molecular formula is C13H16BrCl2N. The lowest BCUT2D eigenvalue weighted by Gasteiger charge is -2.31. The first-order valence-corrected chi connectivity index (χ1v) is 7.79. The fraction of sp³-hybridized carbons (Fsp3) is 0.538. The van der Waals surface area contributed by atoms with E-state index >= 15 is 0 Å². The molecule has 17 heavy (non-hydrogen) atoms. The smallest absolute Gasteiger partial charge is 0.0465 e. The molecule has 0 unspecified atom stereocenters. The number of halogens is 3. The highest BCUT2D eigenvalue weighted by Crippen LogP contribution is 2.25. The number of hydrogen-bond acceptors (Lipinski definition) is 1. The van der Waals surface area contributed by atoms with Crippen LogP contribution in [0.1, 0.15) is 18.4 Å². The molecule has 2 rings (SSSR count). The molecule has 0 bridgehead atoms. The molecule has 0 amide bonds. The number of piperidine rings is 1. The van der Waals surface area contributed by atoms with E-state index in [1.807, 2.05) is 18.2 Å². The number of likely N-dealkylation sites (tertiary alicyclic amines) is 1. The molecule has 0 atom stereocenters. The Bertz CT molecular complexity index is 376. The molecule has 0 aromatic heterocycles. The van der Waals surface area contributed by atoms with Crippen molar-refractivity contribution < 1.29 is 0 Å². The third kappa shape index (κ3) is 3.85. The monoisotopic (exact) mass is 335 g/mol. The predicted octanol–water partition coefficient (Wildman–Crippen LogP) is 4.60. The zero-order valence-corrected chi connectivity index (χ0v) is 12.7. The molecule has 1 fully saturated rings. The lowest BCUT2D eigenvalue weighted by molar-refractivity contribution is 0.187. The van der Waals surface area contributed by atoms with E-state index in [1.54, 1.807) is 0 Å². The Hall–Kier alpha value is 0.240. The number of hydrogen-bond donors (Lipinski definition) is 0. The second-order valence-corrected chi connectivity index (χ2v) is 6.10. The van der Waals surface area contributed by atoms with Crippen LogP contribution >= 0.6 is 39.1 Å². The second-order valence-electron chi connectivity index (χ2n) is 4.61. The Morgan fingerprint density at radius 3 is 2.53 bits per heavy atom. The number of benzene rings is 1. The molecule has 0 N–H and O–H groups in total. The molecule has 0 saturated carbocycles. The molecule has 0 spiro atoms. The molecule has 1 aliphatic rings. The molecular weight excluding hydrogens is 321 g/mol. The van der Waals surface area contributed by atoms with E-state index < -0.39 is 0 Å². The van der Waals surface area contributed by atoms with Gasteiger partial charge in [0.25, 0.3) is 0 Å². The standard InChI is InChI=1S/C13H16BrCl2N/c14-8-10-3-5-17(6-4-10)9-11-1-2-12(15)7-13(11)16/h1-2,7,10H,3-6,8-9H2. The molecule has 1 heterocycles. The van der Waals surface area contributed by atoms with E-state index in [0.29, 0.717) is 5.02 Å². The second kappa shape index (κ2) is 6.42. The van der Waals surface area contributed by atoms with E-state index in [0.717, 1.165) is 35.9 Å². The molecule has 0 radical (unpaired) electrons. The van der Waals surface area contributed by atoms with Gasteiger partial charge >= 0.3 is 0 Å². The van der Waals surface area contributed by atoms with Crippen molar-refractivity contribution in [1.82, 2.24) is 4.90 Å². The fourth-order valence-electron chi connectivity index (χ4n) is 2.19. The van der Waals surface area contributed by atoms with Gasteiger partial charge in [0.1, 0.15) is 0 Å². The number of nitrogens with zero attached hydrogens (tertiary/aromatic N) is 1. The van der Waals surface area contributed by atoms with Crippen molar-refractivity contribution >= 4 is 39.1 Å². The third-order valence-electron chi connectivity index (χ3n) is 3.33. The van der Waals surface area contributed by atoms with Crippen LogP contribution in [0.25, 0.3) is 0 Å². The van der Waals surface area contributed by atoms with E-state index in [-0.39, 0.29) is 0 Å². The van der Waals surface area contributed by atoms with Crippen LogP contribution in [0.4, 0.5) is 0 Å². The van der Waals surface area contributed by atoms with Gasteiger partial charge in [-0.1, -0.05) is 45.2 Å². The first-order chi connectivity index (χ1) is 8.19. The SMILES string of the molecule is Clc1ccc(CN2CCC(CBr)CC2)c(Cl)c1. The highest BCUT2D eigenvalue weighted by Gasteiger charge is 2.18. The first-order valence-electron chi connectivity index (χ1n) is 5.91. The Kier molecular flexibility index (Phi) is 5.16. The normalized spacial score (nSPS) is 18.5. The largest absolute Gasteiger partial charge is 0.299 e. The number of alkyl halides is 1. The maximum atomic E-state index is 6.19. The van der Waals surface area contributed by atoms with Crippen molar-refractivity contribution in [2.24, 2.45) is 5.92 Å². The summed E-state index contributed by atoms with van der Waals surface area (Å²) >= 11 is 15.6. The molecule has 1 aromatic rings. The molecule has 1 saturated heterocycles. The van der Waals surface area contributed by atoms with Gasteiger partial charge in [0.15, 0.2) is 0 Å². The quantitative estimate of drug-likeness (QED) is 0.729. The van der Waals surface area contributed by atoms with Crippen LogP contribution in [-0.2, 0) is 6.54 Å².